The average molecular weight is 254 g/mol. The molecule has 0 aromatic heterocycles. The monoisotopic (exact) mass is 254 g/mol. The summed E-state index contributed by atoms with van der Waals surface area (Å²) in [4.78, 5) is 25.0. The fraction of sp³-hybridized carbons (Fsp3) is 0.750. The van der Waals surface area contributed by atoms with Crippen molar-refractivity contribution in [3.63, 3.8) is 0 Å². The number of carbonyl (C=O) groups excluding carboxylic acids is 2. The third kappa shape index (κ3) is 2.99. The average Bonchev–Trinajstić information content (AvgIpc) is 2.44. The second kappa shape index (κ2) is 6.36. The Morgan fingerprint density at radius 2 is 2.06 bits per heavy atom. The van der Waals surface area contributed by atoms with Crippen LogP contribution in [0.5, 0.6) is 0 Å². The zero-order chi connectivity index (χ0) is 13.6. The largest absolute Gasteiger partial charge is 0.468 e. The maximum atomic E-state index is 12.4. The molecule has 0 spiro atoms. The summed E-state index contributed by atoms with van der Waals surface area (Å²) in [5.41, 5.74) is -1.05. The van der Waals surface area contributed by atoms with Gasteiger partial charge in [-0.2, -0.15) is 5.26 Å². The molecule has 100 valence electrons. The Morgan fingerprint density at radius 1 is 1.44 bits per heavy atom. The lowest BCUT2D eigenvalue weighted by Crippen LogP contribution is -2.48. The van der Waals surface area contributed by atoms with Gasteiger partial charge >= 0.3 is 5.97 Å². The normalized spacial score (nSPS) is 17.6. The first-order valence-corrected chi connectivity index (χ1v) is 5.95. The van der Waals surface area contributed by atoms with Gasteiger partial charge in [-0.3, -0.25) is 9.59 Å². The van der Waals surface area contributed by atoms with Crippen LogP contribution in [-0.4, -0.2) is 50.2 Å². The number of esters is 1. The van der Waals surface area contributed by atoms with Gasteiger partial charge in [-0.1, -0.05) is 0 Å². The van der Waals surface area contributed by atoms with E-state index in [0.29, 0.717) is 32.6 Å². The summed E-state index contributed by atoms with van der Waals surface area (Å²) in [5, 5.41) is 9.28. The van der Waals surface area contributed by atoms with Gasteiger partial charge in [0.1, 0.15) is 12.0 Å². The minimum absolute atomic E-state index is 0.115. The first-order valence-electron chi connectivity index (χ1n) is 5.95. The van der Waals surface area contributed by atoms with Gasteiger partial charge in [0.25, 0.3) is 0 Å². The van der Waals surface area contributed by atoms with E-state index in [4.69, 9.17) is 4.74 Å². The van der Waals surface area contributed by atoms with Crippen LogP contribution < -0.4 is 0 Å². The molecule has 1 aliphatic heterocycles. The number of likely N-dealkylation sites (N-methyl/N-ethyl adjacent to an activating group) is 1. The van der Waals surface area contributed by atoms with Crippen LogP contribution in [0, 0.1) is 16.7 Å². The van der Waals surface area contributed by atoms with Crippen LogP contribution >= 0.6 is 0 Å². The van der Waals surface area contributed by atoms with E-state index in [1.807, 2.05) is 0 Å². The van der Waals surface area contributed by atoms with Gasteiger partial charge in [-0.25, -0.2) is 0 Å². The minimum Gasteiger partial charge on any atom is -0.468 e. The molecule has 1 aliphatic rings. The SMILES string of the molecule is CCN(CC(=O)OC)C(=O)C1(C#N)CCOCC1. The van der Waals surface area contributed by atoms with Gasteiger partial charge < -0.3 is 14.4 Å². The van der Waals surface area contributed by atoms with Crippen molar-refractivity contribution < 1.29 is 19.1 Å². The van der Waals surface area contributed by atoms with Crippen LogP contribution in [0.3, 0.4) is 0 Å². The summed E-state index contributed by atoms with van der Waals surface area (Å²) >= 11 is 0. The number of carbonyl (C=O) groups is 2. The van der Waals surface area contributed by atoms with E-state index >= 15 is 0 Å². The first kappa shape index (κ1) is 14.5. The summed E-state index contributed by atoms with van der Waals surface area (Å²) in [5.74, 6) is -0.786. The first-order chi connectivity index (χ1) is 8.59. The predicted octanol–water partition coefficient (Wildman–Crippen LogP) is 0.328. The van der Waals surface area contributed by atoms with Crippen molar-refractivity contribution in [1.29, 1.82) is 5.26 Å². The standard InChI is InChI=1S/C12H18N2O4/c1-3-14(8-10(15)17-2)11(16)12(9-13)4-6-18-7-5-12/h3-8H2,1-2H3. The summed E-state index contributed by atoms with van der Waals surface area (Å²) in [6, 6.07) is 2.10. The van der Waals surface area contributed by atoms with Gasteiger partial charge in [-0.15, -0.1) is 0 Å². The smallest absolute Gasteiger partial charge is 0.325 e. The summed E-state index contributed by atoms with van der Waals surface area (Å²) in [6.45, 7) is 2.82. The second-order valence-corrected chi connectivity index (χ2v) is 4.20. The highest BCUT2D eigenvalue weighted by atomic mass is 16.5. The van der Waals surface area contributed by atoms with Crippen LogP contribution in [-0.2, 0) is 19.1 Å². The quantitative estimate of drug-likeness (QED) is 0.675. The summed E-state index contributed by atoms with van der Waals surface area (Å²) < 4.78 is 9.73. The lowest BCUT2D eigenvalue weighted by atomic mass is 9.80. The predicted molar refractivity (Wildman–Crippen MR) is 62.4 cm³/mol. The highest BCUT2D eigenvalue weighted by Crippen LogP contribution is 2.31. The molecule has 0 unspecified atom stereocenters. The topological polar surface area (TPSA) is 79.6 Å². The Morgan fingerprint density at radius 3 is 2.50 bits per heavy atom. The number of nitriles is 1. The molecule has 0 aromatic carbocycles. The minimum atomic E-state index is -1.05. The van der Waals surface area contributed by atoms with Gasteiger partial charge in [0, 0.05) is 19.8 Å². The number of methoxy groups -OCH3 is 1. The Balaban J connectivity index is 2.81. The lowest BCUT2D eigenvalue weighted by Gasteiger charge is -2.33. The van der Waals surface area contributed by atoms with E-state index in [1.165, 1.54) is 12.0 Å². The molecule has 1 saturated heterocycles. The number of hydrogen-bond acceptors (Lipinski definition) is 5. The number of ether oxygens (including phenoxy) is 2. The van der Waals surface area contributed by atoms with E-state index < -0.39 is 11.4 Å². The Kier molecular flexibility index (Phi) is 5.10. The van der Waals surface area contributed by atoms with Gasteiger partial charge in [0.2, 0.25) is 5.91 Å². The number of hydrogen-bond donors (Lipinski definition) is 0. The van der Waals surface area contributed by atoms with Crippen molar-refractivity contribution in [1.82, 2.24) is 4.90 Å². The molecular weight excluding hydrogens is 236 g/mol. The molecule has 0 bridgehead atoms. The van der Waals surface area contributed by atoms with Gasteiger partial charge in [-0.05, 0) is 19.8 Å². The Labute approximate surface area is 106 Å². The number of amides is 1. The van der Waals surface area contributed by atoms with Crippen molar-refractivity contribution in [2.75, 3.05) is 33.4 Å². The molecule has 6 heteroatoms. The second-order valence-electron chi connectivity index (χ2n) is 4.20. The van der Waals surface area contributed by atoms with E-state index in [0.717, 1.165) is 0 Å². The van der Waals surface area contributed by atoms with Crippen molar-refractivity contribution >= 4 is 11.9 Å². The number of rotatable bonds is 4. The molecular formula is C12H18N2O4. The molecule has 0 radical (unpaired) electrons. The number of nitrogens with zero attached hydrogens (tertiary/aromatic N) is 2. The van der Waals surface area contributed by atoms with E-state index in [2.05, 4.69) is 10.8 Å². The van der Waals surface area contributed by atoms with E-state index in [-0.39, 0.29) is 12.5 Å². The van der Waals surface area contributed by atoms with Gasteiger partial charge in [0.15, 0.2) is 0 Å². The molecule has 0 N–H and O–H groups in total. The van der Waals surface area contributed by atoms with Crippen molar-refractivity contribution in [3.8, 4) is 6.07 Å². The molecule has 0 atom stereocenters. The third-order valence-electron chi connectivity index (χ3n) is 3.19. The van der Waals surface area contributed by atoms with Crippen LogP contribution in [0.4, 0.5) is 0 Å². The van der Waals surface area contributed by atoms with Crippen molar-refractivity contribution in [2.45, 2.75) is 19.8 Å². The van der Waals surface area contributed by atoms with E-state index in [1.54, 1.807) is 6.92 Å². The molecule has 0 saturated carbocycles. The molecule has 0 aromatic rings. The summed E-state index contributed by atoms with van der Waals surface area (Å²) in [6.07, 6.45) is 0.750. The van der Waals surface area contributed by atoms with E-state index in [9.17, 15) is 14.9 Å². The zero-order valence-corrected chi connectivity index (χ0v) is 10.8. The highest BCUT2D eigenvalue weighted by molar-refractivity contribution is 5.88. The van der Waals surface area contributed by atoms with Crippen LogP contribution in [0.15, 0.2) is 0 Å². The van der Waals surface area contributed by atoms with Crippen molar-refractivity contribution in [3.05, 3.63) is 0 Å². The van der Waals surface area contributed by atoms with Crippen molar-refractivity contribution in [2.24, 2.45) is 5.41 Å². The molecule has 1 amide bonds. The van der Waals surface area contributed by atoms with Crippen LogP contribution in [0.2, 0.25) is 0 Å². The summed E-state index contributed by atoms with van der Waals surface area (Å²) in [7, 11) is 1.27. The third-order valence-corrected chi connectivity index (χ3v) is 3.19. The molecule has 1 heterocycles. The Hall–Kier alpha value is -1.61. The molecule has 18 heavy (non-hydrogen) atoms. The maximum Gasteiger partial charge on any atom is 0.325 e. The molecule has 0 aliphatic carbocycles. The molecule has 1 fully saturated rings. The van der Waals surface area contributed by atoms with Crippen LogP contribution in [0.25, 0.3) is 0 Å². The molecule has 6 nitrogen and oxygen atoms in total. The lowest BCUT2D eigenvalue weighted by molar-refractivity contribution is -0.152. The Bertz CT molecular complexity index is 356. The van der Waals surface area contributed by atoms with Gasteiger partial charge in [0.05, 0.1) is 13.2 Å². The fourth-order valence-electron chi connectivity index (χ4n) is 1.94. The molecule has 1 rings (SSSR count). The van der Waals surface area contributed by atoms with Crippen LogP contribution in [0.1, 0.15) is 19.8 Å². The highest BCUT2D eigenvalue weighted by Gasteiger charge is 2.43. The maximum absolute atomic E-state index is 12.4. The fourth-order valence-corrected chi connectivity index (χ4v) is 1.94. The zero-order valence-electron chi connectivity index (χ0n) is 10.8.